The maximum absolute atomic E-state index is 14.1. The van der Waals surface area contributed by atoms with E-state index in [1.54, 1.807) is 18.5 Å². The molecule has 1 aliphatic rings. The Morgan fingerprint density at radius 2 is 2.17 bits per heavy atom. The summed E-state index contributed by atoms with van der Waals surface area (Å²) in [5.74, 6) is 0.201. The molecule has 0 aliphatic carbocycles. The van der Waals surface area contributed by atoms with Crippen LogP contribution in [-0.2, 0) is 11.3 Å². The van der Waals surface area contributed by atoms with Gasteiger partial charge in [0, 0.05) is 37.1 Å². The molecule has 1 fully saturated rings. The minimum absolute atomic E-state index is 0.0367. The molecule has 126 valence electrons. The van der Waals surface area contributed by atoms with Gasteiger partial charge in [0.05, 0.1) is 6.54 Å². The molecular formula is C19H22FN3O. The van der Waals surface area contributed by atoms with E-state index in [0.29, 0.717) is 18.0 Å². The van der Waals surface area contributed by atoms with Crippen LogP contribution in [0.25, 0.3) is 0 Å². The first-order valence-electron chi connectivity index (χ1n) is 8.27. The summed E-state index contributed by atoms with van der Waals surface area (Å²) in [6, 6.07) is 10.6. The first-order valence-corrected chi connectivity index (χ1v) is 8.27. The number of carbonyl (C=O) groups is 1. The molecule has 24 heavy (non-hydrogen) atoms. The molecule has 2 heterocycles. The number of amides is 1. The van der Waals surface area contributed by atoms with E-state index in [0.717, 1.165) is 18.5 Å². The molecule has 0 radical (unpaired) electrons. The standard InChI is InChI=1S/C19H22FN3O/c1-14-9-18(16-6-2-3-7-17(16)20)23(12-14)13-19(24)22-11-15-5-4-8-21-10-15/h2-8,10,14,18H,9,11-13H2,1H3,(H,22,24). The molecule has 1 N–H and O–H groups in total. The van der Waals surface area contributed by atoms with Gasteiger partial charge in [0.2, 0.25) is 5.91 Å². The van der Waals surface area contributed by atoms with Crippen LogP contribution in [0.2, 0.25) is 0 Å². The Morgan fingerprint density at radius 1 is 1.33 bits per heavy atom. The third-order valence-electron chi connectivity index (χ3n) is 4.44. The number of aromatic nitrogens is 1. The summed E-state index contributed by atoms with van der Waals surface area (Å²) in [6.45, 7) is 3.69. The number of halogens is 1. The average Bonchev–Trinajstić information content (AvgIpc) is 2.94. The first kappa shape index (κ1) is 16.6. The second kappa shape index (κ2) is 7.53. The van der Waals surface area contributed by atoms with Crippen LogP contribution in [0, 0.1) is 11.7 Å². The molecule has 1 aromatic heterocycles. The van der Waals surface area contributed by atoms with Gasteiger partial charge in [-0.15, -0.1) is 0 Å². The predicted octanol–water partition coefficient (Wildman–Crippen LogP) is 2.92. The highest BCUT2D eigenvalue weighted by Gasteiger charge is 2.33. The van der Waals surface area contributed by atoms with Crippen molar-refractivity contribution < 1.29 is 9.18 Å². The molecule has 4 nitrogen and oxygen atoms in total. The third kappa shape index (κ3) is 3.97. The molecule has 0 spiro atoms. The van der Waals surface area contributed by atoms with E-state index in [-0.39, 0.29) is 24.3 Å². The fourth-order valence-corrected chi connectivity index (χ4v) is 3.32. The minimum atomic E-state index is -0.197. The number of hydrogen-bond acceptors (Lipinski definition) is 3. The lowest BCUT2D eigenvalue weighted by Crippen LogP contribution is -2.37. The Labute approximate surface area is 141 Å². The normalized spacial score (nSPS) is 20.9. The number of carbonyl (C=O) groups excluding carboxylic acids is 1. The van der Waals surface area contributed by atoms with Crippen molar-refractivity contribution >= 4 is 5.91 Å². The molecular weight excluding hydrogens is 305 g/mol. The van der Waals surface area contributed by atoms with Crippen LogP contribution in [-0.4, -0.2) is 28.9 Å². The molecule has 2 unspecified atom stereocenters. The minimum Gasteiger partial charge on any atom is -0.351 e. The van der Waals surface area contributed by atoms with Crippen LogP contribution in [0.3, 0.4) is 0 Å². The quantitative estimate of drug-likeness (QED) is 0.918. The number of nitrogens with zero attached hydrogens (tertiary/aromatic N) is 2. The fraction of sp³-hybridized carbons (Fsp3) is 0.368. The number of likely N-dealkylation sites (tertiary alicyclic amines) is 1. The maximum atomic E-state index is 14.1. The van der Waals surface area contributed by atoms with Crippen LogP contribution in [0.4, 0.5) is 4.39 Å². The Hall–Kier alpha value is -2.27. The summed E-state index contributed by atoms with van der Waals surface area (Å²) in [6.07, 6.45) is 4.31. The van der Waals surface area contributed by atoms with Gasteiger partial charge >= 0.3 is 0 Å². The van der Waals surface area contributed by atoms with Gasteiger partial charge in [-0.1, -0.05) is 31.2 Å². The second-order valence-corrected chi connectivity index (χ2v) is 6.45. The molecule has 1 saturated heterocycles. The summed E-state index contributed by atoms with van der Waals surface area (Å²) in [7, 11) is 0. The van der Waals surface area contributed by atoms with Crippen molar-refractivity contribution in [2.75, 3.05) is 13.1 Å². The number of nitrogens with one attached hydrogen (secondary N) is 1. The van der Waals surface area contributed by atoms with Gasteiger partial charge in [0.1, 0.15) is 5.82 Å². The molecule has 1 aromatic carbocycles. The van der Waals surface area contributed by atoms with Crippen molar-refractivity contribution in [2.45, 2.75) is 25.9 Å². The molecule has 3 rings (SSSR count). The van der Waals surface area contributed by atoms with Gasteiger partial charge in [-0.2, -0.15) is 0 Å². The van der Waals surface area contributed by atoms with Gasteiger partial charge in [-0.05, 0) is 30.0 Å². The largest absolute Gasteiger partial charge is 0.351 e. The molecule has 2 atom stereocenters. The molecule has 0 bridgehead atoms. The topological polar surface area (TPSA) is 45.2 Å². The number of pyridine rings is 1. The van der Waals surface area contributed by atoms with Gasteiger partial charge in [-0.25, -0.2) is 4.39 Å². The van der Waals surface area contributed by atoms with E-state index in [9.17, 15) is 9.18 Å². The van der Waals surface area contributed by atoms with Crippen molar-refractivity contribution in [3.63, 3.8) is 0 Å². The highest BCUT2D eigenvalue weighted by molar-refractivity contribution is 5.78. The zero-order valence-corrected chi connectivity index (χ0v) is 13.8. The first-order chi connectivity index (χ1) is 11.6. The average molecular weight is 327 g/mol. The predicted molar refractivity (Wildman–Crippen MR) is 90.6 cm³/mol. The van der Waals surface area contributed by atoms with Crippen molar-refractivity contribution in [3.05, 3.63) is 65.7 Å². The smallest absolute Gasteiger partial charge is 0.234 e. The number of hydrogen-bond donors (Lipinski definition) is 1. The molecule has 1 aliphatic heterocycles. The highest BCUT2D eigenvalue weighted by atomic mass is 19.1. The zero-order chi connectivity index (χ0) is 16.9. The third-order valence-corrected chi connectivity index (χ3v) is 4.44. The SMILES string of the molecule is CC1CC(c2ccccc2F)N(CC(=O)NCc2cccnc2)C1. The van der Waals surface area contributed by atoms with Gasteiger partial charge < -0.3 is 5.32 Å². The molecule has 5 heteroatoms. The summed E-state index contributed by atoms with van der Waals surface area (Å²) >= 11 is 0. The fourth-order valence-electron chi connectivity index (χ4n) is 3.32. The van der Waals surface area contributed by atoms with Gasteiger partial charge in [-0.3, -0.25) is 14.7 Å². The van der Waals surface area contributed by atoms with Crippen LogP contribution < -0.4 is 5.32 Å². The van der Waals surface area contributed by atoms with Gasteiger partial charge in [0.25, 0.3) is 0 Å². The highest BCUT2D eigenvalue weighted by Crippen LogP contribution is 2.35. The van der Waals surface area contributed by atoms with Crippen molar-refractivity contribution in [2.24, 2.45) is 5.92 Å². The zero-order valence-electron chi connectivity index (χ0n) is 13.8. The summed E-state index contributed by atoms with van der Waals surface area (Å²) < 4.78 is 14.1. The van der Waals surface area contributed by atoms with Crippen LogP contribution in [0.1, 0.15) is 30.5 Å². The van der Waals surface area contributed by atoms with Crippen LogP contribution >= 0.6 is 0 Å². The van der Waals surface area contributed by atoms with Crippen molar-refractivity contribution in [1.82, 2.24) is 15.2 Å². The Kier molecular flexibility index (Phi) is 5.20. The van der Waals surface area contributed by atoms with E-state index >= 15 is 0 Å². The second-order valence-electron chi connectivity index (χ2n) is 6.45. The molecule has 1 amide bonds. The lowest BCUT2D eigenvalue weighted by molar-refractivity contribution is -0.122. The maximum Gasteiger partial charge on any atom is 0.234 e. The van der Waals surface area contributed by atoms with E-state index < -0.39 is 0 Å². The Bertz CT molecular complexity index is 692. The van der Waals surface area contributed by atoms with E-state index in [4.69, 9.17) is 0 Å². The Morgan fingerprint density at radius 3 is 2.92 bits per heavy atom. The molecule has 2 aromatic rings. The number of benzene rings is 1. The van der Waals surface area contributed by atoms with Crippen LogP contribution in [0.15, 0.2) is 48.8 Å². The lowest BCUT2D eigenvalue weighted by atomic mass is 10.0. The van der Waals surface area contributed by atoms with Gasteiger partial charge in [0.15, 0.2) is 0 Å². The van der Waals surface area contributed by atoms with Crippen molar-refractivity contribution in [1.29, 1.82) is 0 Å². The van der Waals surface area contributed by atoms with E-state index in [1.807, 2.05) is 24.3 Å². The molecule has 0 saturated carbocycles. The lowest BCUT2D eigenvalue weighted by Gasteiger charge is -2.24. The summed E-state index contributed by atoms with van der Waals surface area (Å²) in [4.78, 5) is 18.4. The Balaban J connectivity index is 1.62. The number of rotatable bonds is 5. The monoisotopic (exact) mass is 327 g/mol. The van der Waals surface area contributed by atoms with E-state index in [2.05, 4.69) is 22.1 Å². The summed E-state index contributed by atoms with van der Waals surface area (Å²) in [5, 5.41) is 2.91. The van der Waals surface area contributed by atoms with Crippen LogP contribution in [0.5, 0.6) is 0 Å². The summed E-state index contributed by atoms with van der Waals surface area (Å²) in [5.41, 5.74) is 1.65. The van der Waals surface area contributed by atoms with E-state index in [1.165, 1.54) is 6.07 Å². The van der Waals surface area contributed by atoms with Crippen molar-refractivity contribution in [3.8, 4) is 0 Å².